The van der Waals surface area contributed by atoms with Crippen molar-refractivity contribution in [2.45, 2.75) is 20.5 Å². The van der Waals surface area contributed by atoms with Gasteiger partial charge in [-0.3, -0.25) is 0 Å². The Bertz CT molecular complexity index is 509. The Balaban J connectivity index is 0.000000861. The lowest BCUT2D eigenvalue weighted by Gasteiger charge is -2.06. The molecule has 0 aliphatic heterocycles. The molecule has 19 heavy (non-hydrogen) atoms. The van der Waals surface area contributed by atoms with E-state index in [1.807, 2.05) is 44.2 Å². The highest BCUT2D eigenvalue weighted by Crippen LogP contribution is 2.13. The van der Waals surface area contributed by atoms with Gasteiger partial charge in [0, 0.05) is 5.69 Å². The van der Waals surface area contributed by atoms with Crippen molar-refractivity contribution in [2.24, 2.45) is 0 Å². The van der Waals surface area contributed by atoms with E-state index in [1.54, 1.807) is 24.3 Å². The summed E-state index contributed by atoms with van der Waals surface area (Å²) in [6.45, 7) is 4.26. The molecule has 0 aliphatic carbocycles. The van der Waals surface area contributed by atoms with Crippen molar-refractivity contribution in [1.82, 2.24) is 0 Å². The summed E-state index contributed by atoms with van der Waals surface area (Å²) >= 11 is 0. The van der Waals surface area contributed by atoms with E-state index in [0.29, 0.717) is 11.3 Å². The summed E-state index contributed by atoms with van der Waals surface area (Å²) < 4.78 is 5.18. The maximum atomic E-state index is 11.7. The van der Waals surface area contributed by atoms with Gasteiger partial charge in [0.2, 0.25) is 0 Å². The molecule has 0 fully saturated rings. The summed E-state index contributed by atoms with van der Waals surface area (Å²) in [5.41, 5.74) is 7.49. The van der Waals surface area contributed by atoms with Crippen LogP contribution in [-0.4, -0.2) is 5.97 Å². The molecule has 2 N–H and O–H groups in total. The van der Waals surface area contributed by atoms with E-state index in [0.717, 1.165) is 5.56 Å². The second kappa shape index (κ2) is 7.93. The molecule has 0 unspecified atom stereocenters. The summed E-state index contributed by atoms with van der Waals surface area (Å²) in [4.78, 5) is 11.7. The summed E-state index contributed by atoms with van der Waals surface area (Å²) in [7, 11) is 0. The van der Waals surface area contributed by atoms with Gasteiger partial charge in [0.15, 0.2) is 0 Å². The average molecular weight is 257 g/mol. The predicted molar refractivity (Wildman–Crippen MR) is 77.8 cm³/mol. The van der Waals surface area contributed by atoms with Crippen LogP contribution in [0.25, 0.3) is 0 Å². The number of nitrogen functional groups attached to an aromatic ring is 1. The van der Waals surface area contributed by atoms with E-state index in [1.165, 1.54) is 0 Å². The van der Waals surface area contributed by atoms with E-state index in [4.69, 9.17) is 10.5 Å². The molecule has 3 nitrogen and oxygen atoms in total. The monoisotopic (exact) mass is 257 g/mol. The molecule has 0 saturated heterocycles. The Morgan fingerprint density at radius 3 is 2.21 bits per heavy atom. The average Bonchev–Trinajstić information content (AvgIpc) is 2.48. The Kier molecular flexibility index (Phi) is 6.16. The van der Waals surface area contributed by atoms with E-state index in [-0.39, 0.29) is 6.61 Å². The molecular weight excluding hydrogens is 238 g/mol. The molecule has 2 rings (SSSR count). The highest BCUT2D eigenvalue weighted by molar-refractivity contribution is 5.94. The molecule has 3 heteroatoms. The summed E-state index contributed by atoms with van der Waals surface area (Å²) in [5.74, 6) is -0.396. The third-order valence-corrected chi connectivity index (χ3v) is 2.39. The van der Waals surface area contributed by atoms with Gasteiger partial charge < -0.3 is 10.5 Å². The topological polar surface area (TPSA) is 52.3 Å². The number of benzene rings is 2. The second-order valence-corrected chi connectivity index (χ2v) is 3.65. The maximum Gasteiger partial charge on any atom is 0.340 e. The first kappa shape index (κ1) is 14.8. The largest absolute Gasteiger partial charge is 0.457 e. The molecule has 0 atom stereocenters. The number of anilines is 1. The van der Waals surface area contributed by atoms with Crippen LogP contribution in [0.4, 0.5) is 5.69 Å². The zero-order valence-electron chi connectivity index (χ0n) is 11.3. The molecule has 100 valence electrons. The third kappa shape index (κ3) is 4.47. The van der Waals surface area contributed by atoms with Gasteiger partial charge >= 0.3 is 5.97 Å². The van der Waals surface area contributed by atoms with Gasteiger partial charge in [0.05, 0.1) is 5.56 Å². The van der Waals surface area contributed by atoms with Crippen LogP contribution in [0.15, 0.2) is 54.6 Å². The molecular formula is C16H19NO2. The van der Waals surface area contributed by atoms with Crippen molar-refractivity contribution in [3.05, 3.63) is 65.7 Å². The number of esters is 1. The first-order valence-electron chi connectivity index (χ1n) is 6.33. The lowest BCUT2D eigenvalue weighted by atomic mass is 10.2. The molecule has 0 radical (unpaired) electrons. The van der Waals surface area contributed by atoms with Gasteiger partial charge in [-0.15, -0.1) is 0 Å². The number of hydrogen-bond acceptors (Lipinski definition) is 3. The summed E-state index contributed by atoms with van der Waals surface area (Å²) in [6, 6.07) is 16.4. The highest BCUT2D eigenvalue weighted by atomic mass is 16.5. The van der Waals surface area contributed by atoms with E-state index >= 15 is 0 Å². The van der Waals surface area contributed by atoms with Crippen molar-refractivity contribution in [1.29, 1.82) is 0 Å². The smallest absolute Gasteiger partial charge is 0.340 e. The fraction of sp³-hybridized carbons (Fsp3) is 0.188. The van der Waals surface area contributed by atoms with E-state index < -0.39 is 5.97 Å². The number of carbonyl (C=O) groups is 1. The first-order chi connectivity index (χ1) is 9.27. The zero-order valence-corrected chi connectivity index (χ0v) is 11.3. The van der Waals surface area contributed by atoms with Gasteiger partial charge in [0.1, 0.15) is 6.61 Å². The standard InChI is InChI=1S/C14H13NO2.C2H6/c15-13-9-5-4-8-12(13)14(16)17-10-11-6-2-1-3-7-11;1-2/h1-9H,10,15H2;1-2H3. The number of para-hydroxylation sites is 1. The van der Waals surface area contributed by atoms with Crippen molar-refractivity contribution in [3.63, 3.8) is 0 Å². The van der Waals surface area contributed by atoms with Gasteiger partial charge in [0.25, 0.3) is 0 Å². The van der Waals surface area contributed by atoms with Crippen LogP contribution in [0.5, 0.6) is 0 Å². The third-order valence-electron chi connectivity index (χ3n) is 2.39. The van der Waals surface area contributed by atoms with Crippen LogP contribution in [0.1, 0.15) is 29.8 Å². The molecule has 0 heterocycles. The Morgan fingerprint density at radius 1 is 1.00 bits per heavy atom. The Morgan fingerprint density at radius 2 is 1.58 bits per heavy atom. The fourth-order valence-corrected chi connectivity index (χ4v) is 1.48. The van der Waals surface area contributed by atoms with Crippen LogP contribution >= 0.6 is 0 Å². The predicted octanol–water partition coefficient (Wildman–Crippen LogP) is 3.65. The van der Waals surface area contributed by atoms with Gasteiger partial charge in [-0.2, -0.15) is 0 Å². The maximum absolute atomic E-state index is 11.7. The van der Waals surface area contributed by atoms with E-state index in [2.05, 4.69) is 0 Å². The molecule has 0 aliphatic rings. The van der Waals surface area contributed by atoms with Gasteiger partial charge in [-0.25, -0.2) is 4.79 Å². The normalized spacial score (nSPS) is 9.16. The quantitative estimate of drug-likeness (QED) is 0.674. The molecule has 0 amide bonds. The fourth-order valence-electron chi connectivity index (χ4n) is 1.48. The van der Waals surface area contributed by atoms with Gasteiger partial charge in [-0.1, -0.05) is 56.3 Å². The van der Waals surface area contributed by atoms with Crippen molar-refractivity contribution >= 4 is 11.7 Å². The van der Waals surface area contributed by atoms with Crippen LogP contribution in [-0.2, 0) is 11.3 Å². The number of rotatable bonds is 3. The van der Waals surface area contributed by atoms with Crippen LogP contribution < -0.4 is 5.73 Å². The number of hydrogen-bond donors (Lipinski definition) is 1. The molecule has 0 spiro atoms. The Labute approximate surface area is 114 Å². The van der Waals surface area contributed by atoms with Crippen LogP contribution in [0.2, 0.25) is 0 Å². The molecule has 0 aromatic heterocycles. The molecule has 0 saturated carbocycles. The highest BCUT2D eigenvalue weighted by Gasteiger charge is 2.09. The summed E-state index contributed by atoms with van der Waals surface area (Å²) in [6.07, 6.45) is 0. The summed E-state index contributed by atoms with van der Waals surface area (Å²) in [5, 5.41) is 0. The van der Waals surface area contributed by atoms with Crippen LogP contribution in [0, 0.1) is 0 Å². The van der Waals surface area contributed by atoms with Crippen LogP contribution in [0.3, 0.4) is 0 Å². The van der Waals surface area contributed by atoms with Crippen molar-refractivity contribution < 1.29 is 9.53 Å². The molecule has 2 aromatic carbocycles. The SMILES string of the molecule is CC.Nc1ccccc1C(=O)OCc1ccccc1. The number of nitrogens with two attached hydrogens (primary N) is 1. The Hall–Kier alpha value is -2.29. The van der Waals surface area contributed by atoms with Crippen molar-refractivity contribution in [2.75, 3.05) is 5.73 Å². The number of carbonyl (C=O) groups excluding carboxylic acids is 1. The lowest BCUT2D eigenvalue weighted by molar-refractivity contribution is 0.0474. The molecule has 0 bridgehead atoms. The van der Waals surface area contributed by atoms with Gasteiger partial charge in [-0.05, 0) is 17.7 Å². The first-order valence-corrected chi connectivity index (χ1v) is 6.33. The number of ether oxygens (including phenoxy) is 1. The minimum absolute atomic E-state index is 0.258. The minimum atomic E-state index is -0.396. The molecule has 2 aromatic rings. The second-order valence-electron chi connectivity index (χ2n) is 3.65. The van der Waals surface area contributed by atoms with Crippen molar-refractivity contribution in [3.8, 4) is 0 Å². The van der Waals surface area contributed by atoms with E-state index in [9.17, 15) is 4.79 Å². The zero-order chi connectivity index (χ0) is 14.1. The lowest BCUT2D eigenvalue weighted by Crippen LogP contribution is -2.07. The minimum Gasteiger partial charge on any atom is -0.457 e.